The van der Waals surface area contributed by atoms with E-state index in [0.717, 1.165) is 11.4 Å². The van der Waals surface area contributed by atoms with Gasteiger partial charge in [0.1, 0.15) is 0 Å². The van der Waals surface area contributed by atoms with Crippen LogP contribution in [0.15, 0.2) is 0 Å². The summed E-state index contributed by atoms with van der Waals surface area (Å²) in [6, 6.07) is 0. The zero-order chi connectivity index (χ0) is 8.65. The molecule has 0 spiro atoms. The summed E-state index contributed by atoms with van der Waals surface area (Å²) in [6.07, 6.45) is 0. The lowest BCUT2D eigenvalue weighted by atomic mass is 9.91. The quantitative estimate of drug-likeness (QED) is 0.564. The Bertz CT molecular complexity index is 255. The minimum absolute atomic E-state index is 0.109. The molecule has 0 atom stereocenters. The lowest BCUT2D eigenvalue weighted by Gasteiger charge is -2.14. The Labute approximate surface area is 67.4 Å². The second-order valence-corrected chi connectivity index (χ2v) is 3.87. The van der Waals surface area contributed by atoms with Crippen molar-refractivity contribution in [1.29, 1.82) is 0 Å². The van der Waals surface area contributed by atoms with E-state index in [9.17, 15) is 0 Å². The molecule has 0 aliphatic carbocycles. The molecule has 3 heteroatoms. The normalized spacial score (nSPS) is 12.1. The second kappa shape index (κ2) is 2.32. The highest BCUT2D eigenvalue weighted by Crippen LogP contribution is 2.21. The van der Waals surface area contributed by atoms with Gasteiger partial charge in [-0.1, -0.05) is 20.8 Å². The average molecular weight is 153 g/mol. The molecule has 1 heterocycles. The first kappa shape index (κ1) is 8.24. The summed E-state index contributed by atoms with van der Waals surface area (Å²) in [5.41, 5.74) is 2.22. The van der Waals surface area contributed by atoms with Crippen molar-refractivity contribution >= 4 is 0 Å². The van der Waals surface area contributed by atoms with Crippen LogP contribution in [0.2, 0.25) is 0 Å². The minimum atomic E-state index is 0.109. The molecule has 0 bridgehead atoms. The van der Waals surface area contributed by atoms with Crippen molar-refractivity contribution in [2.24, 2.45) is 7.05 Å². The molecule has 0 aromatic carbocycles. The van der Waals surface area contributed by atoms with Crippen LogP contribution in [0.1, 0.15) is 32.2 Å². The fraction of sp³-hybridized carbons (Fsp3) is 0.750. The van der Waals surface area contributed by atoms with E-state index in [4.69, 9.17) is 0 Å². The lowest BCUT2D eigenvalue weighted by Crippen LogP contribution is -2.13. The summed E-state index contributed by atoms with van der Waals surface area (Å²) in [5, 5.41) is 8.47. The molecule has 1 aromatic rings. The van der Waals surface area contributed by atoms with Gasteiger partial charge in [0.2, 0.25) is 0 Å². The average Bonchev–Trinajstić information content (AvgIpc) is 2.08. The van der Waals surface area contributed by atoms with Gasteiger partial charge < -0.3 is 0 Å². The third kappa shape index (κ3) is 1.59. The third-order valence-electron chi connectivity index (χ3n) is 1.59. The van der Waals surface area contributed by atoms with Crippen LogP contribution in [0.3, 0.4) is 0 Å². The van der Waals surface area contributed by atoms with E-state index in [-0.39, 0.29) is 5.41 Å². The second-order valence-electron chi connectivity index (χ2n) is 3.87. The number of aromatic nitrogens is 3. The van der Waals surface area contributed by atoms with Gasteiger partial charge >= 0.3 is 0 Å². The van der Waals surface area contributed by atoms with Crippen LogP contribution in [0.4, 0.5) is 0 Å². The molecule has 62 valence electrons. The van der Waals surface area contributed by atoms with Gasteiger partial charge in [0.25, 0.3) is 0 Å². The first-order valence-electron chi connectivity index (χ1n) is 3.79. The monoisotopic (exact) mass is 153 g/mol. The Hall–Kier alpha value is -0.860. The van der Waals surface area contributed by atoms with Crippen LogP contribution in [0.25, 0.3) is 0 Å². The smallest absolute Gasteiger partial charge is 0.0909 e. The summed E-state index contributed by atoms with van der Waals surface area (Å²) in [4.78, 5) is 1.62. The fourth-order valence-corrected chi connectivity index (χ4v) is 1.20. The first-order chi connectivity index (χ1) is 4.91. The molecule has 0 N–H and O–H groups in total. The number of nitrogens with zero attached hydrogens (tertiary/aromatic N) is 3. The van der Waals surface area contributed by atoms with E-state index in [1.807, 2.05) is 14.0 Å². The van der Waals surface area contributed by atoms with Gasteiger partial charge in [-0.05, 0) is 6.92 Å². The molecule has 11 heavy (non-hydrogen) atoms. The maximum Gasteiger partial charge on any atom is 0.0909 e. The van der Waals surface area contributed by atoms with Crippen LogP contribution < -0.4 is 0 Å². The molecule has 1 aromatic heterocycles. The van der Waals surface area contributed by atoms with Gasteiger partial charge in [-0.2, -0.15) is 15.0 Å². The Morgan fingerprint density at radius 3 is 1.91 bits per heavy atom. The van der Waals surface area contributed by atoms with Crippen molar-refractivity contribution in [3.05, 3.63) is 11.4 Å². The van der Waals surface area contributed by atoms with Gasteiger partial charge in [0.05, 0.1) is 11.4 Å². The highest BCUT2D eigenvalue weighted by molar-refractivity contribution is 5.15. The van der Waals surface area contributed by atoms with E-state index >= 15 is 0 Å². The van der Waals surface area contributed by atoms with E-state index in [1.54, 1.807) is 4.80 Å². The van der Waals surface area contributed by atoms with Crippen LogP contribution in [-0.2, 0) is 12.5 Å². The van der Waals surface area contributed by atoms with Crippen molar-refractivity contribution < 1.29 is 0 Å². The summed E-state index contributed by atoms with van der Waals surface area (Å²) < 4.78 is 0. The largest absolute Gasteiger partial charge is 0.188 e. The predicted molar refractivity (Wildman–Crippen MR) is 44.4 cm³/mol. The molecule has 0 saturated carbocycles. The third-order valence-corrected chi connectivity index (χ3v) is 1.59. The van der Waals surface area contributed by atoms with Gasteiger partial charge in [-0.3, -0.25) is 0 Å². The molecular formula is C8H15N3. The zero-order valence-electron chi connectivity index (χ0n) is 7.84. The molecule has 0 aliphatic heterocycles. The van der Waals surface area contributed by atoms with Gasteiger partial charge in [-0.25, -0.2) is 0 Å². The maximum absolute atomic E-state index is 4.29. The van der Waals surface area contributed by atoms with Gasteiger partial charge in [-0.15, -0.1) is 0 Å². The topological polar surface area (TPSA) is 30.7 Å². The molecule has 0 aliphatic rings. The van der Waals surface area contributed by atoms with Crippen LogP contribution in [-0.4, -0.2) is 15.0 Å². The zero-order valence-corrected chi connectivity index (χ0v) is 7.84. The highest BCUT2D eigenvalue weighted by Gasteiger charge is 2.20. The van der Waals surface area contributed by atoms with Crippen molar-refractivity contribution in [1.82, 2.24) is 15.0 Å². The Morgan fingerprint density at radius 1 is 1.18 bits per heavy atom. The standard InChI is InChI=1S/C8H15N3/c1-6-7(8(2,3)4)10-11(5)9-6/h1-5H3. The Kier molecular flexibility index (Phi) is 1.74. The van der Waals surface area contributed by atoms with E-state index in [1.165, 1.54) is 0 Å². The van der Waals surface area contributed by atoms with Crippen molar-refractivity contribution in [2.75, 3.05) is 0 Å². The van der Waals surface area contributed by atoms with Crippen molar-refractivity contribution in [3.8, 4) is 0 Å². The number of hydrogen-bond acceptors (Lipinski definition) is 2. The number of hydrogen-bond donors (Lipinski definition) is 0. The summed E-state index contributed by atoms with van der Waals surface area (Å²) in [7, 11) is 1.85. The van der Waals surface area contributed by atoms with Crippen molar-refractivity contribution in [3.63, 3.8) is 0 Å². The molecule has 0 unspecified atom stereocenters. The van der Waals surface area contributed by atoms with E-state index < -0.39 is 0 Å². The minimum Gasteiger partial charge on any atom is -0.188 e. The first-order valence-corrected chi connectivity index (χ1v) is 3.79. The summed E-state index contributed by atoms with van der Waals surface area (Å²) in [5.74, 6) is 0. The Balaban J connectivity index is 3.13. The molecule has 0 radical (unpaired) electrons. The van der Waals surface area contributed by atoms with Gasteiger partial charge in [0, 0.05) is 12.5 Å². The van der Waals surface area contributed by atoms with Crippen LogP contribution >= 0.6 is 0 Å². The van der Waals surface area contributed by atoms with Crippen LogP contribution in [0.5, 0.6) is 0 Å². The molecule has 0 saturated heterocycles. The molecule has 1 rings (SSSR count). The van der Waals surface area contributed by atoms with Crippen LogP contribution in [0, 0.1) is 6.92 Å². The predicted octanol–water partition coefficient (Wildman–Crippen LogP) is 1.42. The lowest BCUT2D eigenvalue weighted by molar-refractivity contribution is 0.545. The molecular weight excluding hydrogens is 138 g/mol. The summed E-state index contributed by atoms with van der Waals surface area (Å²) >= 11 is 0. The number of aryl methyl sites for hydroxylation is 2. The maximum atomic E-state index is 4.29. The van der Waals surface area contributed by atoms with Crippen molar-refractivity contribution in [2.45, 2.75) is 33.1 Å². The fourth-order valence-electron chi connectivity index (χ4n) is 1.20. The molecule has 0 fully saturated rings. The van der Waals surface area contributed by atoms with E-state index in [0.29, 0.717) is 0 Å². The summed E-state index contributed by atoms with van der Waals surface area (Å²) in [6.45, 7) is 8.42. The van der Waals surface area contributed by atoms with E-state index in [2.05, 4.69) is 31.0 Å². The molecule has 0 amide bonds. The highest BCUT2D eigenvalue weighted by atomic mass is 15.5. The SMILES string of the molecule is Cc1nn(C)nc1C(C)(C)C. The Morgan fingerprint density at radius 2 is 1.73 bits per heavy atom. The number of rotatable bonds is 0. The van der Waals surface area contributed by atoms with Gasteiger partial charge in [0.15, 0.2) is 0 Å². The molecule has 3 nitrogen and oxygen atoms in total.